The molecule has 0 radical (unpaired) electrons. The van der Waals surface area contributed by atoms with Crippen LogP contribution in [0.5, 0.6) is 0 Å². The molecule has 11 heteroatoms. The van der Waals surface area contributed by atoms with Crippen LogP contribution in [0.1, 0.15) is 29.9 Å². The number of piperazine rings is 1. The summed E-state index contributed by atoms with van der Waals surface area (Å²) in [4.78, 5) is 4.56. The summed E-state index contributed by atoms with van der Waals surface area (Å²) >= 11 is 0. The van der Waals surface area contributed by atoms with Gasteiger partial charge in [-0.3, -0.25) is 9.21 Å². The van der Waals surface area contributed by atoms with E-state index in [0.29, 0.717) is 12.2 Å². The maximum Gasteiger partial charge on any atom is 0.232 e. The van der Waals surface area contributed by atoms with Gasteiger partial charge in [-0.15, -0.1) is 24.8 Å². The van der Waals surface area contributed by atoms with Gasteiger partial charge in [-0.05, 0) is 66.9 Å². The molecule has 3 aromatic rings. The molecule has 1 atom stereocenters. The third kappa shape index (κ3) is 10.5. The van der Waals surface area contributed by atoms with E-state index >= 15 is 0 Å². The van der Waals surface area contributed by atoms with Gasteiger partial charge in [0.25, 0.3) is 0 Å². The van der Waals surface area contributed by atoms with Gasteiger partial charge in [-0.25, -0.2) is 17.2 Å². The molecular formula is C30H39Cl2F2N3O3S. The minimum Gasteiger partial charge on any atom is -0.390 e. The molecule has 0 saturated carbocycles. The Kier molecular flexibility index (Phi) is 14.0. The molecule has 1 aliphatic heterocycles. The van der Waals surface area contributed by atoms with Crippen LogP contribution in [-0.4, -0.2) is 81.5 Å². The van der Waals surface area contributed by atoms with Crippen LogP contribution in [0.25, 0.3) is 0 Å². The normalized spacial score (nSPS) is 15.1. The molecule has 1 fully saturated rings. The van der Waals surface area contributed by atoms with Gasteiger partial charge in [0, 0.05) is 38.6 Å². The van der Waals surface area contributed by atoms with E-state index in [-0.39, 0.29) is 48.9 Å². The Morgan fingerprint density at radius 2 is 1.29 bits per heavy atom. The Hall–Kier alpha value is -2.27. The van der Waals surface area contributed by atoms with E-state index in [4.69, 9.17) is 0 Å². The highest BCUT2D eigenvalue weighted by atomic mass is 35.5. The van der Waals surface area contributed by atoms with Gasteiger partial charge in [0.15, 0.2) is 0 Å². The van der Waals surface area contributed by atoms with Crippen molar-refractivity contribution >= 4 is 40.5 Å². The monoisotopic (exact) mass is 629 g/mol. The summed E-state index contributed by atoms with van der Waals surface area (Å²) in [5.74, 6) is -0.489. The summed E-state index contributed by atoms with van der Waals surface area (Å²) in [5.41, 5.74) is 2.57. The highest BCUT2D eigenvalue weighted by molar-refractivity contribution is 7.92. The lowest BCUT2D eigenvalue weighted by Gasteiger charge is -2.36. The van der Waals surface area contributed by atoms with Crippen LogP contribution < -0.4 is 4.31 Å². The lowest BCUT2D eigenvalue weighted by molar-refractivity contribution is 0.0762. The predicted molar refractivity (Wildman–Crippen MR) is 166 cm³/mol. The van der Waals surface area contributed by atoms with Crippen molar-refractivity contribution in [1.29, 1.82) is 0 Å². The molecule has 1 N–H and O–H groups in total. The number of para-hydroxylation sites is 1. The first-order chi connectivity index (χ1) is 18.7. The first kappa shape index (κ1) is 34.9. The van der Waals surface area contributed by atoms with E-state index in [1.165, 1.54) is 28.6 Å². The maximum atomic E-state index is 13.5. The molecule has 0 aliphatic carbocycles. The number of aliphatic hydroxyl groups excluding tert-OH is 1. The van der Waals surface area contributed by atoms with Crippen molar-refractivity contribution in [2.45, 2.75) is 24.9 Å². The van der Waals surface area contributed by atoms with Crippen molar-refractivity contribution in [3.8, 4) is 0 Å². The zero-order valence-electron chi connectivity index (χ0n) is 23.1. The zero-order valence-corrected chi connectivity index (χ0v) is 25.6. The molecule has 1 saturated heterocycles. The smallest absolute Gasteiger partial charge is 0.232 e. The number of sulfonamides is 1. The van der Waals surface area contributed by atoms with Crippen LogP contribution in [0.3, 0.4) is 0 Å². The van der Waals surface area contributed by atoms with Gasteiger partial charge < -0.3 is 10.0 Å². The molecular weight excluding hydrogens is 591 g/mol. The van der Waals surface area contributed by atoms with E-state index in [0.717, 1.165) is 62.9 Å². The summed E-state index contributed by atoms with van der Waals surface area (Å²) in [6, 6.07) is 21.9. The van der Waals surface area contributed by atoms with E-state index in [1.807, 2.05) is 6.07 Å². The van der Waals surface area contributed by atoms with Gasteiger partial charge in [-0.2, -0.15) is 0 Å². The summed E-state index contributed by atoms with van der Waals surface area (Å²) in [5, 5.41) is 10.7. The molecule has 6 nitrogen and oxygen atoms in total. The predicted octanol–water partition coefficient (Wildman–Crippen LogP) is 5.17. The van der Waals surface area contributed by atoms with Crippen molar-refractivity contribution in [2.24, 2.45) is 0 Å². The SMILES string of the molecule is CS(=O)(=O)N(CC(O)CN1CCN(CCCC(c2ccc(F)cc2)c2ccc(F)cc2)CC1)c1ccccc1.Cl.Cl. The number of rotatable bonds is 12. The number of halogens is 4. The van der Waals surface area contributed by atoms with Crippen molar-refractivity contribution in [2.75, 3.05) is 56.4 Å². The second kappa shape index (κ2) is 16.4. The standard InChI is InChI=1S/C30H37F2N3O3S.2ClH/c1-39(37,38)35(28-6-3-2-4-7-28)23-29(36)22-34-20-18-33(19-21-34)17-5-8-30(24-9-13-26(31)14-10-24)25-11-15-27(32)16-12-25;;/h2-4,6-7,9-16,29-30,36H,5,8,17-23H2,1H3;2*1H. The highest BCUT2D eigenvalue weighted by Crippen LogP contribution is 2.30. The van der Waals surface area contributed by atoms with Crippen molar-refractivity contribution in [1.82, 2.24) is 9.80 Å². The van der Waals surface area contributed by atoms with Gasteiger partial charge in [0.2, 0.25) is 10.0 Å². The second-order valence-corrected chi connectivity index (χ2v) is 12.1. The average Bonchev–Trinajstić information content (AvgIpc) is 2.92. The number of hydrogen-bond donors (Lipinski definition) is 1. The van der Waals surface area contributed by atoms with Gasteiger partial charge >= 0.3 is 0 Å². The first-order valence-electron chi connectivity index (χ1n) is 13.4. The Morgan fingerprint density at radius 3 is 1.78 bits per heavy atom. The Labute approximate surface area is 254 Å². The van der Waals surface area contributed by atoms with Crippen LogP contribution in [0.15, 0.2) is 78.9 Å². The number of aliphatic hydroxyl groups is 1. The summed E-state index contributed by atoms with van der Waals surface area (Å²) in [7, 11) is -3.52. The summed E-state index contributed by atoms with van der Waals surface area (Å²) in [6.07, 6.45) is 2.14. The van der Waals surface area contributed by atoms with E-state index in [9.17, 15) is 22.3 Å². The minimum absolute atomic E-state index is 0. The molecule has 4 rings (SSSR count). The largest absolute Gasteiger partial charge is 0.390 e. The van der Waals surface area contributed by atoms with E-state index in [1.54, 1.807) is 48.5 Å². The molecule has 226 valence electrons. The van der Waals surface area contributed by atoms with Gasteiger partial charge in [0.1, 0.15) is 11.6 Å². The number of benzene rings is 3. The van der Waals surface area contributed by atoms with Gasteiger partial charge in [0.05, 0.1) is 24.6 Å². The zero-order chi connectivity index (χ0) is 27.8. The number of β-amino-alcohol motifs (C(OH)–C–C–N with tert-alkyl or cyclic N) is 1. The van der Waals surface area contributed by atoms with Crippen LogP contribution in [0.2, 0.25) is 0 Å². The molecule has 1 heterocycles. The summed E-state index contributed by atoms with van der Waals surface area (Å²) < 4.78 is 52.9. The third-order valence-corrected chi connectivity index (χ3v) is 8.43. The quantitative estimate of drug-likeness (QED) is 0.300. The van der Waals surface area contributed by atoms with Gasteiger partial charge in [-0.1, -0.05) is 42.5 Å². The second-order valence-electron chi connectivity index (χ2n) is 10.2. The topological polar surface area (TPSA) is 64.1 Å². The van der Waals surface area contributed by atoms with Crippen molar-refractivity contribution in [3.63, 3.8) is 0 Å². The number of hydrogen-bond acceptors (Lipinski definition) is 5. The highest BCUT2D eigenvalue weighted by Gasteiger charge is 2.24. The van der Waals surface area contributed by atoms with Crippen LogP contribution in [0, 0.1) is 11.6 Å². The molecule has 0 bridgehead atoms. The molecule has 0 spiro atoms. The Morgan fingerprint density at radius 1 is 0.805 bits per heavy atom. The summed E-state index contributed by atoms with van der Waals surface area (Å²) in [6.45, 7) is 4.63. The van der Waals surface area contributed by atoms with E-state index < -0.39 is 16.1 Å². The first-order valence-corrected chi connectivity index (χ1v) is 15.2. The van der Waals surface area contributed by atoms with Crippen LogP contribution in [0.4, 0.5) is 14.5 Å². The fraction of sp³-hybridized carbons (Fsp3) is 0.400. The molecule has 0 aromatic heterocycles. The lowest BCUT2D eigenvalue weighted by Crippen LogP contribution is -2.50. The van der Waals surface area contributed by atoms with Crippen molar-refractivity contribution < 1.29 is 22.3 Å². The van der Waals surface area contributed by atoms with Crippen LogP contribution >= 0.6 is 24.8 Å². The maximum absolute atomic E-state index is 13.5. The molecule has 3 aromatic carbocycles. The fourth-order valence-electron chi connectivity index (χ4n) is 5.20. The fourth-order valence-corrected chi connectivity index (χ4v) is 6.15. The average molecular weight is 631 g/mol. The number of nitrogens with zero attached hydrogens (tertiary/aromatic N) is 3. The molecule has 41 heavy (non-hydrogen) atoms. The van der Waals surface area contributed by atoms with Crippen molar-refractivity contribution in [3.05, 3.63) is 102 Å². The lowest BCUT2D eigenvalue weighted by atomic mass is 9.87. The molecule has 0 amide bonds. The Balaban J connectivity index is 0.00000294. The minimum atomic E-state index is -3.52. The third-order valence-electron chi connectivity index (χ3n) is 7.27. The molecule has 1 aliphatic rings. The van der Waals surface area contributed by atoms with Crippen LogP contribution in [-0.2, 0) is 10.0 Å². The molecule has 1 unspecified atom stereocenters. The van der Waals surface area contributed by atoms with E-state index in [2.05, 4.69) is 9.80 Å². The number of anilines is 1. The Bertz CT molecular complexity index is 1230.